The van der Waals surface area contributed by atoms with Crippen LogP contribution in [0.4, 0.5) is 0 Å². The average molecular weight is 358 g/mol. The number of hydrogen-bond acceptors (Lipinski definition) is 5. The Labute approximate surface area is 141 Å². The molecule has 2 fully saturated rings. The third-order valence-corrected chi connectivity index (χ3v) is 7.73. The molecular weight excluding hydrogens is 334 g/mol. The van der Waals surface area contributed by atoms with Gasteiger partial charge in [0.2, 0.25) is 15.9 Å². The van der Waals surface area contributed by atoms with Gasteiger partial charge in [-0.2, -0.15) is 4.31 Å². The van der Waals surface area contributed by atoms with Crippen molar-refractivity contribution in [3.05, 3.63) is 16.1 Å². The predicted molar refractivity (Wildman–Crippen MR) is 89.6 cm³/mol. The molecule has 3 rings (SSSR count). The zero-order valence-electron chi connectivity index (χ0n) is 13.6. The Morgan fingerprint density at radius 1 is 1.39 bits per heavy atom. The van der Waals surface area contributed by atoms with E-state index in [2.05, 4.69) is 4.98 Å². The van der Waals surface area contributed by atoms with Gasteiger partial charge in [-0.15, -0.1) is 11.3 Å². The van der Waals surface area contributed by atoms with Crippen LogP contribution in [0.15, 0.2) is 5.38 Å². The molecule has 1 aliphatic heterocycles. The van der Waals surface area contributed by atoms with E-state index in [1.807, 2.05) is 12.3 Å². The number of hydrogen-bond donors (Lipinski definition) is 0. The number of aromatic nitrogens is 1. The van der Waals surface area contributed by atoms with E-state index in [0.29, 0.717) is 19.6 Å². The van der Waals surface area contributed by atoms with Crippen LogP contribution in [0, 0.1) is 12.8 Å². The maximum atomic E-state index is 12.6. The highest BCUT2D eigenvalue weighted by molar-refractivity contribution is 7.89. The van der Waals surface area contributed by atoms with Gasteiger partial charge in [0, 0.05) is 31.4 Å². The smallest absolute Gasteiger partial charge is 0.225 e. The van der Waals surface area contributed by atoms with E-state index in [1.165, 1.54) is 15.6 Å². The number of carbonyl (C=O) groups is 1. The number of carbonyl (C=O) groups excluding carboxylic acids is 1. The summed E-state index contributed by atoms with van der Waals surface area (Å²) in [5.74, 6) is 0.265. The molecule has 0 bridgehead atoms. The lowest BCUT2D eigenvalue weighted by Crippen LogP contribution is -2.60. The summed E-state index contributed by atoms with van der Waals surface area (Å²) in [5.41, 5.74) is 0.775. The van der Waals surface area contributed by atoms with E-state index in [1.54, 1.807) is 11.9 Å². The number of sulfonamides is 1. The number of rotatable bonds is 5. The van der Waals surface area contributed by atoms with Crippen LogP contribution in [0.2, 0.25) is 0 Å². The van der Waals surface area contributed by atoms with Crippen molar-refractivity contribution < 1.29 is 13.2 Å². The van der Waals surface area contributed by atoms with Crippen LogP contribution in [-0.2, 0) is 21.4 Å². The van der Waals surface area contributed by atoms with Crippen molar-refractivity contribution in [2.75, 3.05) is 20.1 Å². The third kappa shape index (κ3) is 3.44. The lowest BCUT2D eigenvalue weighted by Gasteiger charge is -2.41. The van der Waals surface area contributed by atoms with E-state index in [-0.39, 0.29) is 11.8 Å². The maximum absolute atomic E-state index is 12.6. The molecule has 0 radical (unpaired) electrons. The second-order valence-corrected chi connectivity index (χ2v) is 9.89. The maximum Gasteiger partial charge on any atom is 0.225 e. The van der Waals surface area contributed by atoms with Gasteiger partial charge >= 0.3 is 0 Å². The zero-order chi connectivity index (χ0) is 16.6. The van der Waals surface area contributed by atoms with Crippen LogP contribution < -0.4 is 0 Å². The monoisotopic (exact) mass is 357 g/mol. The van der Waals surface area contributed by atoms with Crippen LogP contribution in [0.3, 0.4) is 0 Å². The van der Waals surface area contributed by atoms with Gasteiger partial charge in [0.1, 0.15) is 5.25 Å². The highest BCUT2D eigenvalue weighted by atomic mass is 32.2. The standard InChI is InChI=1S/C15H23N3O3S2/c1-11-16-13(10-22-11)7-17(2)23(20,21)14-8-18(9-14)15(19)12-5-3-4-6-12/h10,12,14H,3-9H2,1-2H3. The van der Waals surface area contributed by atoms with Crippen LogP contribution in [-0.4, -0.2) is 53.9 Å². The Morgan fingerprint density at radius 3 is 2.61 bits per heavy atom. The molecule has 1 saturated carbocycles. The van der Waals surface area contributed by atoms with E-state index >= 15 is 0 Å². The summed E-state index contributed by atoms with van der Waals surface area (Å²) in [7, 11) is -1.79. The average Bonchev–Trinajstić information content (AvgIpc) is 3.08. The van der Waals surface area contributed by atoms with Crippen molar-refractivity contribution in [3.63, 3.8) is 0 Å². The van der Waals surface area contributed by atoms with Crippen molar-refractivity contribution in [2.45, 2.75) is 44.4 Å². The molecule has 0 aromatic carbocycles. The summed E-state index contributed by atoms with van der Waals surface area (Å²) in [4.78, 5) is 18.3. The molecule has 8 heteroatoms. The minimum absolute atomic E-state index is 0.120. The summed E-state index contributed by atoms with van der Waals surface area (Å²) in [6.07, 6.45) is 4.13. The van der Waals surface area contributed by atoms with Gasteiger partial charge in [-0.05, 0) is 19.8 Å². The molecule has 1 aromatic heterocycles. The molecule has 23 heavy (non-hydrogen) atoms. The number of nitrogens with zero attached hydrogens (tertiary/aromatic N) is 3. The normalized spacial score (nSPS) is 20.2. The van der Waals surface area contributed by atoms with Gasteiger partial charge in [0.05, 0.1) is 17.2 Å². The highest BCUT2D eigenvalue weighted by Crippen LogP contribution is 2.30. The van der Waals surface area contributed by atoms with Gasteiger partial charge in [-0.3, -0.25) is 4.79 Å². The molecular formula is C15H23N3O3S2. The van der Waals surface area contributed by atoms with E-state index < -0.39 is 15.3 Å². The third-order valence-electron chi connectivity index (χ3n) is 4.77. The van der Waals surface area contributed by atoms with Crippen LogP contribution in [0.5, 0.6) is 0 Å². The first kappa shape index (κ1) is 16.9. The molecule has 2 aliphatic rings. The molecule has 0 N–H and O–H groups in total. The Kier molecular flexibility index (Phi) is 4.75. The molecule has 0 unspecified atom stereocenters. The molecule has 6 nitrogen and oxygen atoms in total. The summed E-state index contributed by atoms with van der Waals surface area (Å²) in [6.45, 7) is 2.86. The molecule has 0 atom stereocenters. The summed E-state index contributed by atoms with van der Waals surface area (Å²) in [5, 5.41) is 2.35. The molecule has 1 aromatic rings. The van der Waals surface area contributed by atoms with Crippen LogP contribution in [0.25, 0.3) is 0 Å². The predicted octanol–water partition coefficient (Wildman–Crippen LogP) is 1.61. The summed E-state index contributed by atoms with van der Waals surface area (Å²) < 4.78 is 26.5. The SMILES string of the molecule is Cc1nc(CN(C)S(=O)(=O)C2CN(C(=O)C3CCCC3)C2)cs1. The largest absolute Gasteiger partial charge is 0.340 e. The van der Waals surface area contributed by atoms with E-state index in [0.717, 1.165) is 36.4 Å². The molecule has 1 amide bonds. The van der Waals surface area contributed by atoms with Crippen molar-refractivity contribution in [3.8, 4) is 0 Å². The molecule has 1 saturated heterocycles. The second-order valence-electron chi connectivity index (χ2n) is 6.51. The number of thiazole rings is 1. The minimum atomic E-state index is -3.38. The lowest BCUT2D eigenvalue weighted by atomic mass is 10.0. The first-order valence-corrected chi connectivity index (χ1v) is 10.4. The number of amides is 1. The van der Waals surface area contributed by atoms with E-state index in [9.17, 15) is 13.2 Å². The summed E-state index contributed by atoms with van der Waals surface area (Å²) >= 11 is 1.52. The quantitative estimate of drug-likeness (QED) is 0.803. The Morgan fingerprint density at radius 2 is 2.04 bits per heavy atom. The number of aryl methyl sites for hydroxylation is 1. The van der Waals surface area contributed by atoms with Crippen LogP contribution >= 0.6 is 11.3 Å². The lowest BCUT2D eigenvalue weighted by molar-refractivity contribution is -0.138. The first-order valence-electron chi connectivity index (χ1n) is 8.03. The molecule has 2 heterocycles. The van der Waals surface area contributed by atoms with E-state index in [4.69, 9.17) is 0 Å². The highest BCUT2D eigenvalue weighted by Gasteiger charge is 2.43. The Bertz CT molecular complexity index is 674. The summed E-state index contributed by atoms with van der Waals surface area (Å²) in [6, 6.07) is 0. The Hall–Kier alpha value is -0.990. The van der Waals surface area contributed by atoms with Gasteiger partial charge in [0.25, 0.3) is 0 Å². The van der Waals surface area contributed by atoms with Crippen molar-refractivity contribution in [1.82, 2.24) is 14.2 Å². The fraction of sp³-hybridized carbons (Fsp3) is 0.733. The molecule has 128 valence electrons. The fourth-order valence-corrected chi connectivity index (χ4v) is 5.45. The van der Waals surface area contributed by atoms with Gasteiger partial charge in [-0.25, -0.2) is 13.4 Å². The van der Waals surface area contributed by atoms with Crippen molar-refractivity contribution >= 4 is 27.3 Å². The zero-order valence-corrected chi connectivity index (χ0v) is 15.2. The second kappa shape index (κ2) is 6.49. The van der Waals surface area contributed by atoms with Crippen molar-refractivity contribution in [1.29, 1.82) is 0 Å². The fourth-order valence-electron chi connectivity index (χ4n) is 3.29. The molecule has 1 aliphatic carbocycles. The molecule has 0 spiro atoms. The van der Waals surface area contributed by atoms with Gasteiger partial charge < -0.3 is 4.90 Å². The van der Waals surface area contributed by atoms with Crippen LogP contribution in [0.1, 0.15) is 36.4 Å². The van der Waals surface area contributed by atoms with Gasteiger partial charge in [-0.1, -0.05) is 12.8 Å². The number of likely N-dealkylation sites (tertiary alicyclic amines) is 1. The first-order chi connectivity index (χ1) is 10.9. The minimum Gasteiger partial charge on any atom is -0.340 e. The van der Waals surface area contributed by atoms with Gasteiger partial charge in [0.15, 0.2) is 0 Å². The Balaban J connectivity index is 1.55. The topological polar surface area (TPSA) is 70.6 Å². The van der Waals surface area contributed by atoms with Crippen molar-refractivity contribution in [2.24, 2.45) is 5.92 Å².